The summed E-state index contributed by atoms with van der Waals surface area (Å²) in [5, 5.41) is 0. The van der Waals surface area contributed by atoms with Crippen LogP contribution in [-0.2, 0) is 14.8 Å². The molecule has 0 aromatic heterocycles. The van der Waals surface area contributed by atoms with Crippen LogP contribution in [0.2, 0.25) is 0 Å². The van der Waals surface area contributed by atoms with Gasteiger partial charge in [-0.15, -0.1) is 12.3 Å². The average Bonchev–Trinajstić information content (AvgIpc) is 2.66. The third kappa shape index (κ3) is 3.54. The SMILES string of the molecule is C#CCCN1C(=O)C(F)c2cc(S(=O)(=O)NC(C)(C)C)ccc21. The molecular formula is C16H19FN2O3S. The predicted octanol–water partition coefficient (Wildman–Crippen LogP) is 2.14. The van der Waals surface area contributed by atoms with Gasteiger partial charge in [0.2, 0.25) is 16.2 Å². The van der Waals surface area contributed by atoms with E-state index in [1.165, 1.54) is 23.1 Å². The van der Waals surface area contributed by atoms with Gasteiger partial charge in [0.05, 0.1) is 10.6 Å². The van der Waals surface area contributed by atoms with Gasteiger partial charge in [0, 0.05) is 24.1 Å². The molecule has 1 aromatic carbocycles. The van der Waals surface area contributed by atoms with Gasteiger partial charge in [-0.1, -0.05) is 0 Å². The van der Waals surface area contributed by atoms with Crippen LogP contribution in [0.5, 0.6) is 0 Å². The molecule has 1 aliphatic rings. The van der Waals surface area contributed by atoms with E-state index >= 15 is 0 Å². The molecule has 0 saturated heterocycles. The standard InChI is InChI=1S/C16H19FN2O3S/c1-5-6-9-19-13-8-7-11(10-12(13)14(17)15(19)20)23(21,22)18-16(2,3)4/h1,7-8,10,14,18H,6,9H2,2-4H3. The van der Waals surface area contributed by atoms with E-state index in [0.717, 1.165) is 0 Å². The summed E-state index contributed by atoms with van der Waals surface area (Å²) in [5.74, 6) is 1.69. The van der Waals surface area contributed by atoms with Gasteiger partial charge in [-0.2, -0.15) is 0 Å². The molecule has 1 aliphatic heterocycles. The normalized spacial score (nSPS) is 18.0. The Morgan fingerprint density at radius 3 is 2.61 bits per heavy atom. The summed E-state index contributed by atoms with van der Waals surface area (Å²) in [6.07, 6.45) is 3.60. The zero-order chi connectivity index (χ0) is 17.4. The molecule has 1 unspecified atom stereocenters. The molecule has 2 rings (SSSR count). The van der Waals surface area contributed by atoms with Crippen LogP contribution in [0.1, 0.15) is 38.9 Å². The Kier molecular flexibility index (Phi) is 4.51. The molecule has 0 saturated carbocycles. The number of anilines is 1. The summed E-state index contributed by atoms with van der Waals surface area (Å²) in [5.41, 5.74) is -0.238. The van der Waals surface area contributed by atoms with Crippen LogP contribution in [0.25, 0.3) is 0 Å². The van der Waals surface area contributed by atoms with Crippen molar-refractivity contribution in [3.05, 3.63) is 23.8 Å². The fourth-order valence-corrected chi connectivity index (χ4v) is 3.86. The minimum absolute atomic E-state index is 0.0591. The van der Waals surface area contributed by atoms with Crippen LogP contribution in [0.4, 0.5) is 10.1 Å². The van der Waals surface area contributed by atoms with Gasteiger partial charge in [0.1, 0.15) is 0 Å². The minimum atomic E-state index is -3.79. The maximum atomic E-state index is 14.2. The van der Waals surface area contributed by atoms with E-state index in [4.69, 9.17) is 6.42 Å². The molecule has 5 nitrogen and oxygen atoms in total. The second kappa shape index (κ2) is 5.95. The number of sulfonamides is 1. The highest BCUT2D eigenvalue weighted by Gasteiger charge is 2.38. The van der Waals surface area contributed by atoms with Crippen LogP contribution >= 0.6 is 0 Å². The number of halogens is 1. The fourth-order valence-electron chi connectivity index (χ4n) is 2.41. The van der Waals surface area contributed by atoms with Crippen LogP contribution in [0, 0.1) is 12.3 Å². The van der Waals surface area contributed by atoms with Crippen LogP contribution < -0.4 is 9.62 Å². The van der Waals surface area contributed by atoms with Crippen LogP contribution in [0.15, 0.2) is 23.1 Å². The first-order valence-corrected chi connectivity index (χ1v) is 8.62. The van der Waals surface area contributed by atoms with E-state index in [1.807, 2.05) is 0 Å². The van der Waals surface area contributed by atoms with Gasteiger partial charge in [0.25, 0.3) is 5.91 Å². The van der Waals surface area contributed by atoms with E-state index in [0.29, 0.717) is 12.1 Å². The molecule has 7 heteroatoms. The molecular weight excluding hydrogens is 319 g/mol. The topological polar surface area (TPSA) is 66.5 Å². The second-order valence-corrected chi connectivity index (χ2v) is 8.07. The quantitative estimate of drug-likeness (QED) is 0.856. The molecule has 1 N–H and O–H groups in total. The van der Waals surface area contributed by atoms with Crippen molar-refractivity contribution in [3.63, 3.8) is 0 Å². The van der Waals surface area contributed by atoms with Gasteiger partial charge < -0.3 is 4.90 Å². The highest BCUT2D eigenvalue weighted by Crippen LogP contribution is 2.39. The van der Waals surface area contributed by atoms with Crippen molar-refractivity contribution in [2.75, 3.05) is 11.4 Å². The molecule has 1 amide bonds. The van der Waals surface area contributed by atoms with Crippen LogP contribution in [-0.4, -0.2) is 26.4 Å². The molecule has 1 heterocycles. The van der Waals surface area contributed by atoms with E-state index in [1.54, 1.807) is 20.8 Å². The lowest BCUT2D eigenvalue weighted by Gasteiger charge is -2.21. The zero-order valence-corrected chi connectivity index (χ0v) is 14.1. The largest absolute Gasteiger partial charge is 0.308 e. The fraction of sp³-hybridized carbons (Fsp3) is 0.438. The lowest BCUT2D eigenvalue weighted by atomic mass is 10.1. The molecule has 0 aliphatic carbocycles. The molecule has 0 radical (unpaired) electrons. The molecule has 1 atom stereocenters. The molecule has 0 fully saturated rings. The number of nitrogens with zero attached hydrogens (tertiary/aromatic N) is 1. The second-order valence-electron chi connectivity index (χ2n) is 6.38. The van der Waals surface area contributed by atoms with Crippen molar-refractivity contribution < 1.29 is 17.6 Å². The van der Waals surface area contributed by atoms with Gasteiger partial charge in [-0.25, -0.2) is 17.5 Å². The smallest absolute Gasteiger partial charge is 0.266 e. The van der Waals surface area contributed by atoms with Gasteiger partial charge in [0.15, 0.2) is 0 Å². The van der Waals surface area contributed by atoms with Gasteiger partial charge in [-0.3, -0.25) is 4.79 Å². The first kappa shape index (κ1) is 17.4. The molecule has 23 heavy (non-hydrogen) atoms. The van der Waals surface area contributed by atoms with E-state index < -0.39 is 27.6 Å². The Bertz CT molecular complexity index is 775. The first-order chi connectivity index (χ1) is 10.6. The summed E-state index contributed by atoms with van der Waals surface area (Å²) < 4.78 is 41.4. The lowest BCUT2D eigenvalue weighted by molar-refractivity contribution is -0.122. The lowest BCUT2D eigenvalue weighted by Crippen LogP contribution is -2.40. The number of terminal acetylenes is 1. The van der Waals surface area contributed by atoms with Crippen molar-refractivity contribution >= 4 is 21.6 Å². The molecule has 0 spiro atoms. The molecule has 124 valence electrons. The number of rotatable bonds is 4. The third-order valence-electron chi connectivity index (χ3n) is 3.28. The number of carbonyl (C=O) groups excluding carboxylic acids is 1. The highest BCUT2D eigenvalue weighted by molar-refractivity contribution is 7.89. The van der Waals surface area contributed by atoms with Gasteiger partial charge >= 0.3 is 0 Å². The summed E-state index contributed by atoms with van der Waals surface area (Å²) in [6.45, 7) is 5.33. The Labute approximate surface area is 135 Å². The monoisotopic (exact) mass is 338 g/mol. The number of benzene rings is 1. The first-order valence-electron chi connectivity index (χ1n) is 7.13. The van der Waals surface area contributed by atoms with Crippen molar-refractivity contribution in [3.8, 4) is 12.3 Å². The number of hydrogen-bond donors (Lipinski definition) is 1. The molecule has 1 aromatic rings. The Hall–Kier alpha value is -1.91. The van der Waals surface area contributed by atoms with Crippen molar-refractivity contribution in [1.82, 2.24) is 4.72 Å². The Balaban J connectivity index is 2.41. The van der Waals surface area contributed by atoms with Crippen LogP contribution in [0.3, 0.4) is 0 Å². The van der Waals surface area contributed by atoms with E-state index in [-0.39, 0.29) is 17.0 Å². The third-order valence-corrected chi connectivity index (χ3v) is 5.03. The Morgan fingerprint density at radius 1 is 1.39 bits per heavy atom. The average molecular weight is 338 g/mol. The number of fused-ring (bicyclic) bond motifs is 1. The number of nitrogens with one attached hydrogen (secondary N) is 1. The van der Waals surface area contributed by atoms with Crippen molar-refractivity contribution in [2.45, 2.75) is 43.8 Å². The summed E-state index contributed by atoms with van der Waals surface area (Å²) in [7, 11) is -3.79. The highest BCUT2D eigenvalue weighted by atomic mass is 32.2. The number of carbonyl (C=O) groups is 1. The maximum absolute atomic E-state index is 14.2. The Morgan fingerprint density at radius 2 is 2.04 bits per heavy atom. The summed E-state index contributed by atoms with van der Waals surface area (Å²) in [4.78, 5) is 13.2. The van der Waals surface area contributed by atoms with Crippen molar-refractivity contribution in [2.24, 2.45) is 0 Å². The number of alkyl halides is 1. The summed E-state index contributed by atoms with van der Waals surface area (Å²) >= 11 is 0. The number of amides is 1. The zero-order valence-electron chi connectivity index (χ0n) is 13.3. The summed E-state index contributed by atoms with van der Waals surface area (Å²) in [6, 6.07) is 4.02. The van der Waals surface area contributed by atoms with E-state index in [9.17, 15) is 17.6 Å². The predicted molar refractivity (Wildman–Crippen MR) is 86.2 cm³/mol. The minimum Gasteiger partial charge on any atom is -0.308 e. The number of hydrogen-bond acceptors (Lipinski definition) is 3. The molecule has 0 bridgehead atoms. The van der Waals surface area contributed by atoms with Gasteiger partial charge in [-0.05, 0) is 39.0 Å². The maximum Gasteiger partial charge on any atom is 0.266 e. The van der Waals surface area contributed by atoms with Crippen molar-refractivity contribution in [1.29, 1.82) is 0 Å². The van der Waals surface area contributed by atoms with E-state index in [2.05, 4.69) is 10.6 Å².